The maximum Gasteiger partial charge on any atom is 0.224 e. The molecule has 0 aliphatic carbocycles. The molecule has 2 N–H and O–H groups in total. The van der Waals surface area contributed by atoms with Crippen LogP contribution in [0.5, 0.6) is 0 Å². The number of carbonyl (C=O) groups excluding carboxylic acids is 1. The van der Waals surface area contributed by atoms with Gasteiger partial charge < -0.3 is 10.6 Å². The van der Waals surface area contributed by atoms with Crippen LogP contribution in [-0.4, -0.2) is 25.0 Å². The summed E-state index contributed by atoms with van der Waals surface area (Å²) < 4.78 is 0. The number of piperidine rings is 1. The molecule has 0 radical (unpaired) electrons. The Hall–Kier alpha value is -0.570. The number of amides is 1. The number of carbonyl (C=O) groups is 1. The average molecular weight is 198 g/mol. The fraction of sp³-hybridized carbons (Fsp3) is 0.909. The second kappa shape index (κ2) is 6.02. The highest BCUT2D eigenvalue weighted by molar-refractivity contribution is 5.79. The van der Waals surface area contributed by atoms with Crippen LogP contribution in [0, 0.1) is 5.92 Å². The lowest BCUT2D eigenvalue weighted by Crippen LogP contribution is -2.43. The van der Waals surface area contributed by atoms with Crippen molar-refractivity contribution >= 4 is 5.91 Å². The minimum absolute atomic E-state index is 0.197. The van der Waals surface area contributed by atoms with E-state index in [4.69, 9.17) is 0 Å². The van der Waals surface area contributed by atoms with Crippen molar-refractivity contribution in [3.8, 4) is 0 Å². The fourth-order valence-electron chi connectivity index (χ4n) is 1.94. The fourth-order valence-corrected chi connectivity index (χ4v) is 1.94. The van der Waals surface area contributed by atoms with E-state index in [1.807, 2.05) is 0 Å². The van der Waals surface area contributed by atoms with Crippen LogP contribution in [-0.2, 0) is 4.79 Å². The summed E-state index contributed by atoms with van der Waals surface area (Å²) >= 11 is 0. The molecule has 3 heteroatoms. The molecular weight excluding hydrogens is 176 g/mol. The van der Waals surface area contributed by atoms with Gasteiger partial charge in [0, 0.05) is 12.6 Å². The molecule has 0 aromatic rings. The summed E-state index contributed by atoms with van der Waals surface area (Å²) in [5, 5.41) is 6.33. The highest BCUT2D eigenvalue weighted by Crippen LogP contribution is 2.10. The van der Waals surface area contributed by atoms with Crippen molar-refractivity contribution in [2.24, 2.45) is 5.92 Å². The standard InChI is InChI=1S/C11H22N2O/c1-3-5-9(2)13-11(14)10-6-4-7-12-8-10/h9-10,12H,3-8H2,1-2H3,(H,13,14)/t9-,10-/m1/s1. The quantitative estimate of drug-likeness (QED) is 0.714. The molecule has 1 amide bonds. The van der Waals surface area contributed by atoms with Gasteiger partial charge in [0.2, 0.25) is 5.91 Å². The molecule has 1 saturated heterocycles. The molecule has 1 fully saturated rings. The van der Waals surface area contributed by atoms with E-state index in [-0.39, 0.29) is 11.8 Å². The summed E-state index contributed by atoms with van der Waals surface area (Å²) in [6.07, 6.45) is 4.37. The van der Waals surface area contributed by atoms with Gasteiger partial charge in [0.05, 0.1) is 5.92 Å². The van der Waals surface area contributed by atoms with Crippen LogP contribution in [0.2, 0.25) is 0 Å². The van der Waals surface area contributed by atoms with Crippen molar-refractivity contribution in [1.29, 1.82) is 0 Å². The third kappa shape index (κ3) is 3.66. The first-order valence-electron chi connectivity index (χ1n) is 5.75. The van der Waals surface area contributed by atoms with Gasteiger partial charge in [-0.3, -0.25) is 4.79 Å². The van der Waals surface area contributed by atoms with E-state index < -0.39 is 0 Å². The minimum atomic E-state index is 0.197. The smallest absolute Gasteiger partial charge is 0.224 e. The highest BCUT2D eigenvalue weighted by atomic mass is 16.1. The average Bonchev–Trinajstić information content (AvgIpc) is 2.19. The SMILES string of the molecule is CCC[C@@H](C)NC(=O)[C@@H]1CCCNC1. The zero-order chi connectivity index (χ0) is 10.4. The Labute approximate surface area is 86.6 Å². The normalized spacial score (nSPS) is 24.3. The summed E-state index contributed by atoms with van der Waals surface area (Å²) in [6.45, 7) is 6.14. The predicted molar refractivity (Wildman–Crippen MR) is 58.1 cm³/mol. The molecule has 1 rings (SSSR count). The van der Waals surface area contributed by atoms with E-state index in [0.717, 1.165) is 38.8 Å². The van der Waals surface area contributed by atoms with E-state index in [0.29, 0.717) is 6.04 Å². The maximum absolute atomic E-state index is 11.7. The van der Waals surface area contributed by atoms with Crippen LogP contribution in [0.25, 0.3) is 0 Å². The third-order valence-electron chi connectivity index (χ3n) is 2.78. The van der Waals surface area contributed by atoms with Crippen LogP contribution >= 0.6 is 0 Å². The largest absolute Gasteiger partial charge is 0.353 e. The molecular formula is C11H22N2O. The highest BCUT2D eigenvalue weighted by Gasteiger charge is 2.21. The van der Waals surface area contributed by atoms with Crippen molar-refractivity contribution in [2.75, 3.05) is 13.1 Å². The molecule has 14 heavy (non-hydrogen) atoms. The number of rotatable bonds is 4. The molecule has 0 aromatic heterocycles. The molecule has 1 aliphatic heterocycles. The van der Waals surface area contributed by atoms with Gasteiger partial charge in [0.1, 0.15) is 0 Å². The molecule has 0 spiro atoms. The second-order valence-electron chi connectivity index (χ2n) is 4.24. The van der Waals surface area contributed by atoms with Gasteiger partial charge in [0.15, 0.2) is 0 Å². The first kappa shape index (κ1) is 11.5. The number of hydrogen-bond acceptors (Lipinski definition) is 2. The maximum atomic E-state index is 11.7. The first-order chi connectivity index (χ1) is 6.74. The molecule has 3 nitrogen and oxygen atoms in total. The van der Waals surface area contributed by atoms with E-state index in [2.05, 4.69) is 24.5 Å². The molecule has 0 aromatic carbocycles. The Bertz CT molecular complexity index is 176. The summed E-state index contributed by atoms with van der Waals surface area (Å²) in [5.74, 6) is 0.432. The Balaban J connectivity index is 2.25. The van der Waals surface area contributed by atoms with E-state index in [9.17, 15) is 4.79 Å². The molecule has 1 heterocycles. The van der Waals surface area contributed by atoms with Crippen molar-refractivity contribution in [2.45, 2.75) is 45.6 Å². The van der Waals surface area contributed by atoms with E-state index in [1.54, 1.807) is 0 Å². The molecule has 0 saturated carbocycles. The van der Waals surface area contributed by atoms with Crippen LogP contribution in [0.1, 0.15) is 39.5 Å². The zero-order valence-electron chi connectivity index (χ0n) is 9.31. The molecule has 82 valence electrons. The van der Waals surface area contributed by atoms with Crippen LogP contribution in [0.4, 0.5) is 0 Å². The first-order valence-corrected chi connectivity index (χ1v) is 5.75. The second-order valence-corrected chi connectivity index (χ2v) is 4.24. The van der Waals surface area contributed by atoms with Gasteiger partial charge in [-0.25, -0.2) is 0 Å². The lowest BCUT2D eigenvalue weighted by molar-refractivity contribution is -0.126. The monoisotopic (exact) mass is 198 g/mol. The minimum Gasteiger partial charge on any atom is -0.353 e. The van der Waals surface area contributed by atoms with Crippen LogP contribution < -0.4 is 10.6 Å². The van der Waals surface area contributed by atoms with Crippen molar-refractivity contribution in [3.63, 3.8) is 0 Å². The lowest BCUT2D eigenvalue weighted by atomic mass is 9.98. The Morgan fingerprint density at radius 2 is 2.43 bits per heavy atom. The van der Waals surface area contributed by atoms with Crippen molar-refractivity contribution in [1.82, 2.24) is 10.6 Å². The summed E-state index contributed by atoms with van der Waals surface area (Å²) in [4.78, 5) is 11.7. The lowest BCUT2D eigenvalue weighted by Gasteiger charge is -2.23. The van der Waals surface area contributed by atoms with Crippen molar-refractivity contribution < 1.29 is 4.79 Å². The van der Waals surface area contributed by atoms with Gasteiger partial charge in [-0.2, -0.15) is 0 Å². The van der Waals surface area contributed by atoms with Crippen molar-refractivity contribution in [3.05, 3.63) is 0 Å². The van der Waals surface area contributed by atoms with Gasteiger partial charge in [-0.05, 0) is 32.7 Å². The van der Waals surface area contributed by atoms with Gasteiger partial charge in [0.25, 0.3) is 0 Å². The van der Waals surface area contributed by atoms with Gasteiger partial charge in [-0.1, -0.05) is 13.3 Å². The Kier molecular flexibility index (Phi) is 4.94. The number of nitrogens with one attached hydrogen (secondary N) is 2. The number of hydrogen-bond donors (Lipinski definition) is 2. The van der Waals surface area contributed by atoms with Gasteiger partial charge in [-0.15, -0.1) is 0 Å². The summed E-state index contributed by atoms with van der Waals surface area (Å²) in [7, 11) is 0. The van der Waals surface area contributed by atoms with E-state index in [1.165, 1.54) is 0 Å². The molecule has 0 unspecified atom stereocenters. The Morgan fingerprint density at radius 1 is 1.64 bits per heavy atom. The molecule has 2 atom stereocenters. The third-order valence-corrected chi connectivity index (χ3v) is 2.78. The molecule has 0 bridgehead atoms. The summed E-state index contributed by atoms with van der Waals surface area (Å²) in [5.41, 5.74) is 0. The van der Waals surface area contributed by atoms with Crippen LogP contribution in [0.3, 0.4) is 0 Å². The van der Waals surface area contributed by atoms with E-state index >= 15 is 0 Å². The van der Waals surface area contributed by atoms with Crippen LogP contribution in [0.15, 0.2) is 0 Å². The molecule has 1 aliphatic rings. The topological polar surface area (TPSA) is 41.1 Å². The predicted octanol–water partition coefficient (Wildman–Crippen LogP) is 1.29. The Morgan fingerprint density at radius 3 is 3.00 bits per heavy atom. The van der Waals surface area contributed by atoms with Gasteiger partial charge >= 0.3 is 0 Å². The summed E-state index contributed by atoms with van der Waals surface area (Å²) in [6, 6.07) is 0.328. The zero-order valence-corrected chi connectivity index (χ0v) is 9.31.